The van der Waals surface area contributed by atoms with Gasteiger partial charge in [0.25, 0.3) is 0 Å². The van der Waals surface area contributed by atoms with Crippen LogP contribution in [-0.2, 0) is 32.0 Å². The molecule has 2 aromatic rings. The summed E-state index contributed by atoms with van der Waals surface area (Å²) in [6, 6.07) is 11.3. The van der Waals surface area contributed by atoms with E-state index in [2.05, 4.69) is 16.0 Å². The van der Waals surface area contributed by atoms with Gasteiger partial charge in [0, 0.05) is 6.42 Å². The van der Waals surface area contributed by atoms with Gasteiger partial charge in [-0.25, -0.2) is 0 Å². The van der Waals surface area contributed by atoms with Gasteiger partial charge in [0.2, 0.25) is 17.7 Å². The normalized spacial score (nSPS) is 14.1. The van der Waals surface area contributed by atoms with Crippen molar-refractivity contribution in [1.82, 2.24) is 16.0 Å². The third-order valence-corrected chi connectivity index (χ3v) is 5.12. The minimum atomic E-state index is -1.42. The largest absolute Gasteiger partial charge is 0.508 e. The van der Waals surface area contributed by atoms with Gasteiger partial charge >= 0.3 is 5.97 Å². The Labute approximate surface area is 202 Å². The van der Waals surface area contributed by atoms with Crippen LogP contribution in [0.5, 0.6) is 5.75 Å². The molecule has 4 atom stereocenters. The van der Waals surface area contributed by atoms with E-state index in [0.717, 1.165) is 5.56 Å². The number of phenols is 1. The lowest BCUT2D eigenvalue weighted by Gasteiger charge is -2.25. The van der Waals surface area contributed by atoms with Crippen LogP contribution in [-0.4, -0.2) is 69.8 Å². The smallest absolute Gasteiger partial charge is 0.322 e. The predicted molar refractivity (Wildman–Crippen MR) is 126 cm³/mol. The maximum atomic E-state index is 12.9. The van der Waals surface area contributed by atoms with Gasteiger partial charge in [-0.3, -0.25) is 19.2 Å². The summed E-state index contributed by atoms with van der Waals surface area (Å²) >= 11 is 0. The maximum absolute atomic E-state index is 12.9. The first kappa shape index (κ1) is 27.3. The number of aliphatic hydroxyl groups excluding tert-OH is 1. The first-order valence-corrected chi connectivity index (χ1v) is 10.9. The number of hydrogen-bond acceptors (Lipinski definition) is 7. The number of aliphatic hydroxyl groups is 1. The molecule has 3 amide bonds. The molecule has 0 aliphatic carbocycles. The van der Waals surface area contributed by atoms with Crippen LogP contribution >= 0.6 is 0 Å². The SMILES string of the molecule is CC(O)C(NC(=O)C(N)Cc1ccccc1)C(=O)NC(Cc1ccc(O)cc1)C(=O)NCC(=O)O. The van der Waals surface area contributed by atoms with Gasteiger partial charge in [-0.05, 0) is 36.6 Å². The highest BCUT2D eigenvalue weighted by atomic mass is 16.4. The summed E-state index contributed by atoms with van der Waals surface area (Å²) in [5.74, 6) is -3.55. The molecule has 2 aromatic carbocycles. The molecule has 0 saturated heterocycles. The highest BCUT2D eigenvalue weighted by Crippen LogP contribution is 2.12. The molecule has 0 bridgehead atoms. The molecule has 4 unspecified atom stereocenters. The summed E-state index contributed by atoms with van der Waals surface area (Å²) in [5.41, 5.74) is 7.35. The maximum Gasteiger partial charge on any atom is 0.322 e. The van der Waals surface area contributed by atoms with Gasteiger partial charge in [-0.15, -0.1) is 0 Å². The zero-order valence-electron chi connectivity index (χ0n) is 19.2. The zero-order valence-corrected chi connectivity index (χ0v) is 19.2. The molecule has 0 aromatic heterocycles. The highest BCUT2D eigenvalue weighted by molar-refractivity contribution is 5.94. The number of carbonyl (C=O) groups is 4. The molecule has 0 heterocycles. The molecule has 11 nitrogen and oxygen atoms in total. The summed E-state index contributed by atoms with van der Waals surface area (Å²) in [4.78, 5) is 48.9. The number of nitrogens with one attached hydrogen (secondary N) is 3. The van der Waals surface area contributed by atoms with Crippen LogP contribution in [0.25, 0.3) is 0 Å². The lowest BCUT2D eigenvalue weighted by atomic mass is 10.0. The first-order valence-electron chi connectivity index (χ1n) is 10.9. The lowest BCUT2D eigenvalue weighted by Crippen LogP contribution is -2.59. The Morgan fingerprint density at radius 1 is 0.857 bits per heavy atom. The Kier molecular flexibility index (Phi) is 10.2. The van der Waals surface area contributed by atoms with E-state index in [1.54, 1.807) is 24.3 Å². The van der Waals surface area contributed by atoms with Crippen LogP contribution in [0.3, 0.4) is 0 Å². The highest BCUT2D eigenvalue weighted by Gasteiger charge is 2.31. The van der Waals surface area contributed by atoms with Crippen molar-refractivity contribution >= 4 is 23.7 Å². The summed E-state index contributed by atoms with van der Waals surface area (Å²) in [5, 5.41) is 35.5. The summed E-state index contributed by atoms with van der Waals surface area (Å²) in [7, 11) is 0. The predicted octanol–water partition coefficient (Wildman–Crippen LogP) is -0.944. The van der Waals surface area contributed by atoms with Crippen molar-refractivity contribution in [3.05, 3.63) is 65.7 Å². The first-order chi connectivity index (χ1) is 16.6. The van der Waals surface area contributed by atoms with Gasteiger partial charge in [0.05, 0.1) is 12.1 Å². The van der Waals surface area contributed by atoms with E-state index in [0.29, 0.717) is 5.56 Å². The second-order valence-electron chi connectivity index (χ2n) is 8.07. The Bertz CT molecular complexity index is 1010. The molecule has 35 heavy (non-hydrogen) atoms. The van der Waals surface area contributed by atoms with Crippen LogP contribution in [0.2, 0.25) is 0 Å². The van der Waals surface area contributed by atoms with E-state index in [9.17, 15) is 29.4 Å². The summed E-state index contributed by atoms with van der Waals surface area (Å²) in [6.07, 6.45) is -1.15. The van der Waals surface area contributed by atoms with Gasteiger partial charge in [0.15, 0.2) is 0 Å². The fraction of sp³-hybridized carbons (Fsp3) is 0.333. The minimum absolute atomic E-state index is 0.00777. The Morgan fingerprint density at radius 2 is 1.46 bits per heavy atom. The molecule has 0 aliphatic heterocycles. The molecule has 0 radical (unpaired) electrons. The fourth-order valence-corrected chi connectivity index (χ4v) is 3.25. The van der Waals surface area contributed by atoms with Crippen molar-refractivity contribution in [2.75, 3.05) is 6.54 Å². The van der Waals surface area contributed by atoms with Gasteiger partial charge < -0.3 is 37.0 Å². The molecule has 188 valence electrons. The summed E-state index contributed by atoms with van der Waals surface area (Å²) < 4.78 is 0. The van der Waals surface area contributed by atoms with E-state index < -0.39 is 54.5 Å². The number of nitrogens with two attached hydrogens (primary N) is 1. The number of carboxylic acid groups (broad SMARTS) is 1. The molecule has 11 heteroatoms. The molecule has 2 rings (SSSR count). The Balaban J connectivity index is 2.11. The van der Waals surface area contributed by atoms with E-state index >= 15 is 0 Å². The molecule has 0 fully saturated rings. The van der Waals surface area contributed by atoms with E-state index in [1.807, 2.05) is 6.07 Å². The molecule has 0 aliphatic rings. The lowest BCUT2D eigenvalue weighted by molar-refractivity contribution is -0.138. The van der Waals surface area contributed by atoms with Crippen molar-refractivity contribution in [3.63, 3.8) is 0 Å². The quantitative estimate of drug-likeness (QED) is 0.200. The fourth-order valence-electron chi connectivity index (χ4n) is 3.25. The third kappa shape index (κ3) is 9.07. The molecule has 8 N–H and O–H groups in total. The van der Waals surface area contributed by atoms with Crippen LogP contribution < -0.4 is 21.7 Å². The van der Waals surface area contributed by atoms with Crippen molar-refractivity contribution in [1.29, 1.82) is 0 Å². The topological polar surface area (TPSA) is 191 Å². The minimum Gasteiger partial charge on any atom is -0.508 e. The average Bonchev–Trinajstić information content (AvgIpc) is 2.82. The number of carbonyl (C=O) groups excluding carboxylic acids is 3. The monoisotopic (exact) mass is 486 g/mol. The van der Waals surface area contributed by atoms with Crippen molar-refractivity contribution < 1.29 is 34.5 Å². The Morgan fingerprint density at radius 3 is 2.03 bits per heavy atom. The Hall–Kier alpha value is -3.96. The van der Waals surface area contributed by atoms with Crippen molar-refractivity contribution in [3.8, 4) is 5.75 Å². The molecular weight excluding hydrogens is 456 g/mol. The molecule has 0 saturated carbocycles. The van der Waals surface area contributed by atoms with Gasteiger partial charge in [-0.2, -0.15) is 0 Å². The van der Waals surface area contributed by atoms with Crippen LogP contribution in [0.15, 0.2) is 54.6 Å². The number of carboxylic acids is 1. The zero-order chi connectivity index (χ0) is 26.0. The average molecular weight is 487 g/mol. The van der Waals surface area contributed by atoms with Crippen molar-refractivity contribution in [2.45, 2.75) is 44.0 Å². The van der Waals surface area contributed by atoms with E-state index in [-0.39, 0.29) is 18.6 Å². The summed E-state index contributed by atoms with van der Waals surface area (Å²) in [6.45, 7) is 0.637. The number of phenolic OH excluding ortho intramolecular Hbond substituents is 1. The number of hydrogen-bond donors (Lipinski definition) is 7. The molecular formula is C24H30N4O7. The second kappa shape index (κ2) is 13.1. The van der Waals surface area contributed by atoms with E-state index in [1.165, 1.54) is 31.2 Å². The van der Waals surface area contributed by atoms with Crippen molar-refractivity contribution in [2.24, 2.45) is 5.73 Å². The number of amides is 3. The second-order valence-corrected chi connectivity index (χ2v) is 8.07. The van der Waals surface area contributed by atoms with Crippen LogP contribution in [0, 0.1) is 0 Å². The number of aliphatic carboxylic acids is 1. The number of rotatable bonds is 12. The standard InChI is InChI=1S/C24H30N4O7/c1-14(29)21(28-22(33)18(25)11-15-5-3-2-4-6-15)24(35)27-19(23(34)26-13-20(31)32)12-16-7-9-17(30)10-8-16/h2-10,14,18-19,21,29-30H,11-13,25H2,1H3,(H,26,34)(H,27,35)(H,28,33)(H,31,32). The molecule has 0 spiro atoms. The van der Waals surface area contributed by atoms with Gasteiger partial charge in [-0.1, -0.05) is 42.5 Å². The van der Waals surface area contributed by atoms with Gasteiger partial charge in [0.1, 0.15) is 24.4 Å². The number of aromatic hydroxyl groups is 1. The van der Waals surface area contributed by atoms with Crippen LogP contribution in [0.1, 0.15) is 18.1 Å². The van der Waals surface area contributed by atoms with E-state index in [4.69, 9.17) is 10.8 Å². The van der Waals surface area contributed by atoms with Crippen LogP contribution in [0.4, 0.5) is 0 Å². The number of benzene rings is 2. The third-order valence-electron chi connectivity index (χ3n) is 5.12.